The molecule has 124 valence electrons. The minimum atomic E-state index is -2.85. The minimum Gasteiger partial charge on any atom is -0.389 e. The predicted molar refractivity (Wildman–Crippen MR) is 71.3 cm³/mol. The fraction of sp³-hybridized carbons (Fsp3) is 0.462. The summed E-state index contributed by atoms with van der Waals surface area (Å²) in [6.07, 6.45) is 1.05. The summed E-state index contributed by atoms with van der Waals surface area (Å²) < 4.78 is 0. The quantitative estimate of drug-likeness (QED) is 0.434. The topological polar surface area (TPSA) is 136 Å². The Labute approximate surface area is 130 Å². The average molecular weight is 325 g/mol. The summed E-state index contributed by atoms with van der Waals surface area (Å²) in [5.41, 5.74) is 0. The molecule has 1 unspecified atom stereocenters. The van der Waals surface area contributed by atoms with Crippen molar-refractivity contribution in [1.29, 1.82) is 0 Å². The van der Waals surface area contributed by atoms with Crippen LogP contribution in [0.2, 0.25) is 0 Å². The lowest BCUT2D eigenvalue weighted by Crippen LogP contribution is -2.71. The highest BCUT2D eigenvalue weighted by atomic mass is 16.4. The second kappa shape index (κ2) is 5.89. The van der Waals surface area contributed by atoms with Gasteiger partial charge in [0.1, 0.15) is 6.61 Å². The number of likely N-dealkylation sites (tertiary alicyclic amines) is 1. The first kappa shape index (κ1) is 16.8. The van der Waals surface area contributed by atoms with Crippen molar-refractivity contribution < 1.29 is 34.2 Å². The van der Waals surface area contributed by atoms with Crippen molar-refractivity contribution >= 4 is 29.5 Å². The highest BCUT2D eigenvalue weighted by Crippen LogP contribution is 2.28. The van der Waals surface area contributed by atoms with E-state index >= 15 is 0 Å². The largest absolute Gasteiger partial charge is 0.389 e. The van der Waals surface area contributed by atoms with Gasteiger partial charge < -0.3 is 10.2 Å². The molecule has 10 heteroatoms. The maximum atomic E-state index is 12.2. The molecule has 0 aromatic rings. The lowest BCUT2D eigenvalue weighted by Gasteiger charge is -2.45. The van der Waals surface area contributed by atoms with Gasteiger partial charge in [-0.3, -0.25) is 24.0 Å². The van der Waals surface area contributed by atoms with Crippen molar-refractivity contribution in [2.75, 3.05) is 6.61 Å². The van der Waals surface area contributed by atoms with E-state index in [4.69, 9.17) is 0 Å². The maximum Gasteiger partial charge on any atom is 0.273 e. The summed E-state index contributed by atoms with van der Waals surface area (Å²) in [5, 5.41) is 20.8. The molecule has 2 N–H and O–H groups in total. The van der Waals surface area contributed by atoms with Gasteiger partial charge >= 0.3 is 0 Å². The van der Waals surface area contributed by atoms with E-state index in [9.17, 15) is 34.2 Å². The third-order valence-corrected chi connectivity index (χ3v) is 3.49. The molecule has 0 aromatic carbocycles. The normalized spacial score (nSPS) is 20.5. The Bertz CT molecular complexity index is 595. The molecule has 2 rings (SSSR count). The van der Waals surface area contributed by atoms with Crippen LogP contribution in [0.15, 0.2) is 12.2 Å². The fourth-order valence-corrected chi connectivity index (χ4v) is 2.42. The molecule has 0 aromatic heterocycles. The van der Waals surface area contributed by atoms with Gasteiger partial charge in [0.2, 0.25) is 17.7 Å². The Kier molecular flexibility index (Phi) is 4.30. The number of rotatable bonds is 5. The van der Waals surface area contributed by atoms with Gasteiger partial charge in [0.25, 0.3) is 17.7 Å². The van der Waals surface area contributed by atoms with Crippen LogP contribution in [0.1, 0.15) is 26.2 Å². The monoisotopic (exact) mass is 325 g/mol. The van der Waals surface area contributed by atoms with E-state index in [0.29, 0.717) is 9.91 Å². The molecule has 2 aliphatic heterocycles. The highest BCUT2D eigenvalue weighted by Gasteiger charge is 2.55. The molecule has 10 nitrogen and oxygen atoms in total. The van der Waals surface area contributed by atoms with Crippen LogP contribution in [0.4, 0.5) is 0 Å². The molecule has 0 saturated carbocycles. The molecule has 1 saturated heterocycles. The molecule has 2 aliphatic rings. The van der Waals surface area contributed by atoms with Crippen LogP contribution in [0.5, 0.6) is 0 Å². The van der Waals surface area contributed by atoms with E-state index in [-0.39, 0.29) is 24.3 Å². The van der Waals surface area contributed by atoms with Gasteiger partial charge in [0, 0.05) is 31.4 Å². The van der Waals surface area contributed by atoms with Crippen molar-refractivity contribution in [2.45, 2.75) is 32.0 Å². The van der Waals surface area contributed by atoms with Crippen LogP contribution in [0.3, 0.4) is 0 Å². The molecular weight excluding hydrogens is 310 g/mol. The first-order valence-electron chi connectivity index (χ1n) is 6.86. The lowest BCUT2D eigenvalue weighted by molar-refractivity contribution is -0.264. The number of nitrogens with zero attached hydrogens (tertiary/aromatic N) is 3. The SMILES string of the molecule is CCC(=O)N(N1C(=O)C=CC1=O)C(O)(CO)N1C(=O)CCC1=O. The number of hydrogen-bond donors (Lipinski definition) is 2. The van der Waals surface area contributed by atoms with E-state index in [1.54, 1.807) is 0 Å². The second-order valence-electron chi connectivity index (χ2n) is 4.94. The Hall–Kier alpha value is -2.59. The molecule has 1 atom stereocenters. The Morgan fingerprint density at radius 2 is 1.65 bits per heavy atom. The molecule has 0 radical (unpaired) electrons. The summed E-state index contributed by atoms with van der Waals surface area (Å²) in [5.74, 6) is -7.32. The van der Waals surface area contributed by atoms with E-state index in [1.165, 1.54) is 6.92 Å². The summed E-state index contributed by atoms with van der Waals surface area (Å²) >= 11 is 0. The first-order valence-corrected chi connectivity index (χ1v) is 6.86. The van der Waals surface area contributed by atoms with Crippen LogP contribution >= 0.6 is 0 Å². The van der Waals surface area contributed by atoms with Crippen LogP contribution < -0.4 is 0 Å². The summed E-state index contributed by atoms with van der Waals surface area (Å²) in [4.78, 5) is 59.9. The van der Waals surface area contributed by atoms with Gasteiger partial charge in [0.15, 0.2) is 0 Å². The molecule has 0 bridgehead atoms. The summed E-state index contributed by atoms with van der Waals surface area (Å²) in [7, 11) is 0. The molecular formula is C13H15N3O7. The lowest BCUT2D eigenvalue weighted by atomic mass is 10.3. The van der Waals surface area contributed by atoms with Gasteiger partial charge in [-0.1, -0.05) is 6.92 Å². The van der Waals surface area contributed by atoms with Gasteiger partial charge in [-0.05, 0) is 0 Å². The van der Waals surface area contributed by atoms with Gasteiger partial charge in [-0.15, -0.1) is 0 Å². The predicted octanol–water partition coefficient (Wildman–Crippen LogP) is -2.15. The van der Waals surface area contributed by atoms with Gasteiger partial charge in [0.05, 0.1) is 0 Å². The Morgan fingerprint density at radius 1 is 1.17 bits per heavy atom. The zero-order valence-corrected chi connectivity index (χ0v) is 12.3. The van der Waals surface area contributed by atoms with Crippen molar-refractivity contribution in [3.05, 3.63) is 12.2 Å². The van der Waals surface area contributed by atoms with Crippen molar-refractivity contribution in [3.8, 4) is 0 Å². The molecule has 1 fully saturated rings. The van der Waals surface area contributed by atoms with E-state index in [0.717, 1.165) is 12.2 Å². The minimum absolute atomic E-state index is 0.213. The number of carbonyl (C=O) groups excluding carboxylic acids is 5. The Balaban J connectivity index is 2.53. The smallest absolute Gasteiger partial charge is 0.273 e. The molecule has 23 heavy (non-hydrogen) atoms. The molecule has 5 amide bonds. The van der Waals surface area contributed by atoms with Crippen LogP contribution in [-0.2, 0) is 24.0 Å². The maximum absolute atomic E-state index is 12.2. The molecule has 0 spiro atoms. The number of aliphatic hydroxyl groups excluding tert-OH is 1. The number of hydrazine groups is 1. The van der Waals surface area contributed by atoms with Crippen molar-refractivity contribution in [2.24, 2.45) is 0 Å². The number of imide groups is 2. The number of amides is 5. The van der Waals surface area contributed by atoms with Crippen molar-refractivity contribution in [3.63, 3.8) is 0 Å². The van der Waals surface area contributed by atoms with Crippen LogP contribution in [-0.4, -0.2) is 67.1 Å². The number of hydrogen-bond acceptors (Lipinski definition) is 7. The second-order valence-corrected chi connectivity index (χ2v) is 4.94. The average Bonchev–Trinajstić information content (AvgIpc) is 3.03. The highest BCUT2D eigenvalue weighted by molar-refractivity contribution is 6.13. The third-order valence-electron chi connectivity index (χ3n) is 3.49. The molecule has 2 heterocycles. The summed E-state index contributed by atoms with van der Waals surface area (Å²) in [6.45, 7) is 0.131. The third kappa shape index (κ3) is 2.51. The first-order chi connectivity index (χ1) is 10.8. The number of carbonyl (C=O) groups is 5. The van der Waals surface area contributed by atoms with E-state index < -0.39 is 42.0 Å². The zero-order valence-electron chi connectivity index (χ0n) is 12.3. The van der Waals surface area contributed by atoms with Crippen LogP contribution in [0, 0.1) is 0 Å². The van der Waals surface area contributed by atoms with Gasteiger partial charge in [-0.2, -0.15) is 10.0 Å². The van der Waals surface area contributed by atoms with E-state index in [2.05, 4.69) is 0 Å². The van der Waals surface area contributed by atoms with Crippen LogP contribution in [0.25, 0.3) is 0 Å². The van der Waals surface area contributed by atoms with Crippen molar-refractivity contribution in [1.82, 2.24) is 14.9 Å². The number of aliphatic hydroxyl groups is 2. The standard InChI is InChI=1S/C13H15N3O7/c1-2-8(18)16(15-11(21)5-6-12(15)22)13(23,7-17)14-9(19)3-4-10(14)20/h5-6,17,23H,2-4,7H2,1H3. The zero-order chi connectivity index (χ0) is 17.4. The van der Waals surface area contributed by atoms with Gasteiger partial charge in [-0.25, -0.2) is 4.90 Å². The fourth-order valence-electron chi connectivity index (χ4n) is 2.42. The summed E-state index contributed by atoms with van der Waals surface area (Å²) in [6, 6.07) is 0. The van der Waals surface area contributed by atoms with E-state index in [1.807, 2.05) is 0 Å². The molecule has 0 aliphatic carbocycles. The Morgan fingerprint density at radius 3 is 2.04 bits per heavy atom.